The third kappa shape index (κ3) is 2.93. The number of nitrogens with zero attached hydrogens (tertiary/aromatic N) is 1. The number of carbonyl (C=O) groups is 2. The van der Waals surface area contributed by atoms with E-state index in [0.717, 1.165) is 5.70 Å². The van der Waals surface area contributed by atoms with Crippen molar-refractivity contribution in [3.8, 4) is 0 Å². The molecule has 0 radical (unpaired) electrons. The van der Waals surface area contributed by atoms with Crippen LogP contribution in [0.5, 0.6) is 0 Å². The van der Waals surface area contributed by atoms with Gasteiger partial charge in [-0.2, -0.15) is 0 Å². The Bertz CT molecular complexity index is 807. The molecule has 0 aromatic heterocycles. The zero-order valence-electron chi connectivity index (χ0n) is 13.9. The van der Waals surface area contributed by atoms with E-state index in [1.807, 2.05) is 6.08 Å². The minimum Gasteiger partial charge on any atom is -0.466 e. The van der Waals surface area contributed by atoms with Crippen molar-refractivity contribution in [2.24, 2.45) is 5.92 Å². The van der Waals surface area contributed by atoms with Crippen LogP contribution in [0.3, 0.4) is 0 Å². The molecule has 0 bridgehead atoms. The number of esters is 1. The number of carbonyl (C=O) groups excluding carboxylic acids is 2. The molecule has 7 nitrogen and oxygen atoms in total. The van der Waals surface area contributed by atoms with Crippen LogP contribution in [0, 0.1) is 16.0 Å². The van der Waals surface area contributed by atoms with E-state index in [4.69, 9.17) is 4.74 Å². The Hall–Kier alpha value is -2.96. The number of allylic oxidation sites excluding steroid dienone is 3. The summed E-state index contributed by atoms with van der Waals surface area (Å²) in [6.07, 6.45) is 3.04. The second-order valence-electron chi connectivity index (χ2n) is 6.12. The van der Waals surface area contributed by atoms with Gasteiger partial charge in [0, 0.05) is 35.9 Å². The third-order valence-electron chi connectivity index (χ3n) is 4.69. The zero-order valence-corrected chi connectivity index (χ0v) is 13.9. The Labute approximate surface area is 144 Å². The maximum Gasteiger partial charge on any atom is 0.336 e. The van der Waals surface area contributed by atoms with Crippen LogP contribution >= 0.6 is 0 Å². The molecule has 2 unspecified atom stereocenters. The van der Waals surface area contributed by atoms with Crippen LogP contribution in [0.25, 0.3) is 0 Å². The average molecular weight is 342 g/mol. The van der Waals surface area contributed by atoms with Crippen LogP contribution in [0.1, 0.15) is 31.2 Å². The lowest BCUT2D eigenvalue weighted by Gasteiger charge is -2.37. The summed E-state index contributed by atoms with van der Waals surface area (Å²) in [6.45, 7) is 1.76. The number of hydrogen-bond donors (Lipinski definition) is 1. The van der Waals surface area contributed by atoms with Crippen LogP contribution in [0.15, 0.2) is 47.3 Å². The lowest BCUT2D eigenvalue weighted by atomic mass is 9.71. The van der Waals surface area contributed by atoms with E-state index in [2.05, 4.69) is 5.32 Å². The fourth-order valence-corrected chi connectivity index (χ4v) is 3.56. The number of rotatable bonds is 3. The van der Waals surface area contributed by atoms with E-state index in [9.17, 15) is 19.7 Å². The number of non-ortho nitro benzene ring substituents is 1. The van der Waals surface area contributed by atoms with Crippen molar-refractivity contribution in [1.29, 1.82) is 0 Å². The largest absolute Gasteiger partial charge is 0.466 e. The van der Waals surface area contributed by atoms with Gasteiger partial charge in [0.15, 0.2) is 0 Å². The molecule has 1 heterocycles. The number of fused-ring (bicyclic) bond motifs is 1. The van der Waals surface area contributed by atoms with Crippen molar-refractivity contribution in [2.45, 2.75) is 25.7 Å². The minimum absolute atomic E-state index is 0.0382. The van der Waals surface area contributed by atoms with E-state index >= 15 is 0 Å². The summed E-state index contributed by atoms with van der Waals surface area (Å²) in [5.41, 5.74) is 2.44. The van der Waals surface area contributed by atoms with Gasteiger partial charge in [-0.15, -0.1) is 0 Å². The average Bonchev–Trinajstić information content (AvgIpc) is 2.60. The first-order valence-corrected chi connectivity index (χ1v) is 7.97. The van der Waals surface area contributed by atoms with Gasteiger partial charge < -0.3 is 10.1 Å². The molecule has 0 amide bonds. The predicted molar refractivity (Wildman–Crippen MR) is 89.5 cm³/mol. The first-order chi connectivity index (χ1) is 11.9. The summed E-state index contributed by atoms with van der Waals surface area (Å²) in [5, 5.41) is 14.0. The molecule has 25 heavy (non-hydrogen) atoms. The monoisotopic (exact) mass is 342 g/mol. The number of Topliss-reactive ketones (excluding diaryl/α,β-unsaturated/α-hetero) is 1. The Morgan fingerprint density at radius 2 is 1.96 bits per heavy atom. The van der Waals surface area contributed by atoms with E-state index in [1.165, 1.54) is 19.2 Å². The molecule has 1 N–H and O–H groups in total. The standard InChI is InChI=1S/C18H18N2O5/c1-10-15(18(22)25-2)16(11-6-8-12(9-7-11)20(23)24)17-13(19-10)4-3-5-14(17)21/h4,6-9,16-17,19H,3,5H2,1-2H3. The second kappa shape index (κ2) is 6.51. The molecule has 0 saturated heterocycles. The molecule has 130 valence electrons. The molecular weight excluding hydrogens is 324 g/mol. The van der Waals surface area contributed by atoms with Gasteiger partial charge in [-0.05, 0) is 18.9 Å². The number of nitro groups is 1. The molecule has 0 spiro atoms. The predicted octanol–water partition coefficient (Wildman–Crippen LogP) is 2.59. The van der Waals surface area contributed by atoms with Crippen molar-refractivity contribution < 1.29 is 19.2 Å². The van der Waals surface area contributed by atoms with Crippen molar-refractivity contribution in [3.05, 3.63) is 63.0 Å². The van der Waals surface area contributed by atoms with Crippen molar-refractivity contribution in [1.82, 2.24) is 5.32 Å². The number of ether oxygens (including phenoxy) is 1. The van der Waals surface area contributed by atoms with Crippen molar-refractivity contribution in [2.75, 3.05) is 7.11 Å². The molecule has 2 aliphatic rings. The highest BCUT2D eigenvalue weighted by Gasteiger charge is 2.43. The Kier molecular flexibility index (Phi) is 4.39. The number of nitrogens with one attached hydrogen (secondary N) is 1. The zero-order chi connectivity index (χ0) is 18.1. The van der Waals surface area contributed by atoms with Gasteiger partial charge in [0.2, 0.25) is 0 Å². The fourth-order valence-electron chi connectivity index (χ4n) is 3.56. The Morgan fingerprint density at radius 3 is 2.56 bits per heavy atom. The van der Waals surface area contributed by atoms with Crippen molar-refractivity contribution >= 4 is 17.4 Å². The van der Waals surface area contributed by atoms with Gasteiger partial charge in [-0.25, -0.2) is 4.79 Å². The van der Waals surface area contributed by atoms with Gasteiger partial charge in [0.1, 0.15) is 5.78 Å². The van der Waals surface area contributed by atoms with Crippen LogP contribution in [-0.4, -0.2) is 23.8 Å². The van der Waals surface area contributed by atoms with Crippen molar-refractivity contribution in [3.63, 3.8) is 0 Å². The number of hydrogen-bond acceptors (Lipinski definition) is 6. The van der Waals surface area contributed by atoms with Crippen LogP contribution < -0.4 is 5.32 Å². The lowest BCUT2D eigenvalue weighted by molar-refractivity contribution is -0.384. The summed E-state index contributed by atoms with van der Waals surface area (Å²) < 4.78 is 4.91. The normalized spacial score (nSPS) is 22.6. The maximum atomic E-state index is 12.6. The highest BCUT2D eigenvalue weighted by molar-refractivity contribution is 5.96. The molecular formula is C18H18N2O5. The molecule has 1 aromatic rings. The molecule has 1 aliphatic heterocycles. The first kappa shape index (κ1) is 16.9. The number of benzene rings is 1. The van der Waals surface area contributed by atoms with E-state index in [0.29, 0.717) is 29.7 Å². The van der Waals surface area contributed by atoms with Gasteiger partial charge in [-0.3, -0.25) is 14.9 Å². The summed E-state index contributed by atoms with van der Waals surface area (Å²) in [7, 11) is 1.30. The molecule has 7 heteroatoms. The third-order valence-corrected chi connectivity index (χ3v) is 4.69. The number of methoxy groups -OCH3 is 1. The SMILES string of the molecule is COC(=O)C1=C(C)NC2=CCCC(=O)C2C1c1ccc([N+](=O)[O-])cc1. The molecule has 1 aliphatic carbocycles. The minimum atomic E-state index is -0.520. The Morgan fingerprint density at radius 1 is 1.28 bits per heavy atom. The van der Waals surface area contributed by atoms with Gasteiger partial charge in [-0.1, -0.05) is 18.2 Å². The molecule has 0 saturated carbocycles. The molecule has 3 rings (SSSR count). The summed E-state index contributed by atoms with van der Waals surface area (Å²) >= 11 is 0. The van der Waals surface area contributed by atoms with Gasteiger partial charge in [0.25, 0.3) is 5.69 Å². The smallest absolute Gasteiger partial charge is 0.336 e. The summed E-state index contributed by atoms with van der Waals surface area (Å²) in [6, 6.07) is 5.98. The number of nitro benzene ring substituents is 1. The Balaban J connectivity index is 2.15. The summed E-state index contributed by atoms with van der Waals surface area (Å²) in [5.74, 6) is -1.49. The van der Waals surface area contributed by atoms with Crippen LogP contribution in [-0.2, 0) is 14.3 Å². The highest BCUT2D eigenvalue weighted by atomic mass is 16.6. The summed E-state index contributed by atoms with van der Waals surface area (Å²) in [4.78, 5) is 35.4. The van der Waals surface area contributed by atoms with Gasteiger partial charge >= 0.3 is 5.97 Å². The fraction of sp³-hybridized carbons (Fsp3) is 0.333. The maximum absolute atomic E-state index is 12.6. The lowest BCUT2D eigenvalue weighted by Crippen LogP contribution is -2.40. The highest BCUT2D eigenvalue weighted by Crippen LogP contribution is 2.43. The molecule has 1 aromatic carbocycles. The van der Waals surface area contributed by atoms with Crippen LogP contribution in [0.4, 0.5) is 5.69 Å². The molecule has 2 atom stereocenters. The van der Waals surface area contributed by atoms with Crippen LogP contribution in [0.2, 0.25) is 0 Å². The van der Waals surface area contributed by atoms with Gasteiger partial charge in [0.05, 0.1) is 23.5 Å². The van der Waals surface area contributed by atoms with E-state index in [1.54, 1.807) is 19.1 Å². The topological polar surface area (TPSA) is 98.5 Å². The van der Waals surface area contributed by atoms with E-state index in [-0.39, 0.29) is 11.5 Å². The van der Waals surface area contributed by atoms with E-state index < -0.39 is 22.7 Å². The quantitative estimate of drug-likeness (QED) is 0.515. The first-order valence-electron chi connectivity index (χ1n) is 7.97. The number of ketones is 1. The second-order valence-corrected chi connectivity index (χ2v) is 6.12. The molecule has 0 fully saturated rings.